The van der Waals surface area contributed by atoms with Gasteiger partial charge in [-0.3, -0.25) is 13.9 Å². The summed E-state index contributed by atoms with van der Waals surface area (Å²) in [5.41, 5.74) is 2.50. The van der Waals surface area contributed by atoms with Gasteiger partial charge in [0.15, 0.2) is 0 Å². The summed E-state index contributed by atoms with van der Waals surface area (Å²) in [6.07, 6.45) is 1.38. The fourth-order valence-electron chi connectivity index (χ4n) is 3.65. The lowest BCUT2D eigenvalue weighted by Crippen LogP contribution is -2.51. The molecule has 2 amide bonds. The topological polar surface area (TPSA) is 86.8 Å². The Morgan fingerprint density at radius 1 is 1.06 bits per heavy atom. The molecule has 174 valence electrons. The minimum Gasteiger partial charge on any atom is -0.357 e. The average Bonchev–Trinajstić information content (AvgIpc) is 2.73. The van der Waals surface area contributed by atoms with Crippen molar-refractivity contribution in [1.29, 1.82) is 0 Å². The second-order valence-corrected chi connectivity index (χ2v) is 9.60. The molecule has 0 radical (unpaired) electrons. The molecule has 0 spiro atoms. The van der Waals surface area contributed by atoms with Crippen molar-refractivity contribution in [2.75, 3.05) is 24.2 Å². The van der Waals surface area contributed by atoms with Crippen molar-refractivity contribution in [3.63, 3.8) is 0 Å². The number of amides is 2. The number of hydrogen-bond donors (Lipinski definition) is 1. The lowest BCUT2D eigenvalue weighted by atomic mass is 10.1. The van der Waals surface area contributed by atoms with Gasteiger partial charge in [0, 0.05) is 13.6 Å². The van der Waals surface area contributed by atoms with E-state index in [1.165, 1.54) is 36.2 Å². The number of benzene rings is 2. The molecule has 9 heteroatoms. The van der Waals surface area contributed by atoms with Gasteiger partial charge >= 0.3 is 0 Å². The molecule has 2 aromatic carbocycles. The molecule has 7 nitrogen and oxygen atoms in total. The van der Waals surface area contributed by atoms with Crippen molar-refractivity contribution in [1.82, 2.24) is 10.2 Å². The number of hydrogen-bond acceptors (Lipinski definition) is 4. The Morgan fingerprint density at radius 2 is 1.62 bits per heavy atom. The van der Waals surface area contributed by atoms with Crippen molar-refractivity contribution in [3.8, 4) is 0 Å². The van der Waals surface area contributed by atoms with Crippen LogP contribution in [0.15, 0.2) is 42.5 Å². The summed E-state index contributed by atoms with van der Waals surface area (Å²) in [5, 5.41) is 2.56. The minimum atomic E-state index is -3.79. The highest BCUT2D eigenvalue weighted by molar-refractivity contribution is 7.92. The van der Waals surface area contributed by atoms with Gasteiger partial charge in [0.25, 0.3) is 0 Å². The highest BCUT2D eigenvalue weighted by Crippen LogP contribution is 2.27. The largest absolute Gasteiger partial charge is 0.357 e. The molecule has 0 aliphatic rings. The lowest BCUT2D eigenvalue weighted by Gasteiger charge is -2.33. The zero-order valence-electron chi connectivity index (χ0n) is 19.1. The number of rotatable bonds is 9. The molecular formula is C23H30FN3O4S. The Labute approximate surface area is 189 Å². The van der Waals surface area contributed by atoms with Gasteiger partial charge in [-0.15, -0.1) is 0 Å². The molecule has 0 heterocycles. The van der Waals surface area contributed by atoms with Gasteiger partial charge in [-0.25, -0.2) is 12.8 Å². The number of carbonyl (C=O) groups excluding carboxylic acids is 2. The predicted molar refractivity (Wildman–Crippen MR) is 123 cm³/mol. The number of carbonyl (C=O) groups is 2. The maximum absolute atomic E-state index is 13.5. The van der Waals surface area contributed by atoms with Crippen molar-refractivity contribution in [3.05, 3.63) is 65.0 Å². The van der Waals surface area contributed by atoms with Gasteiger partial charge in [-0.1, -0.05) is 37.3 Å². The van der Waals surface area contributed by atoms with Gasteiger partial charge in [0.2, 0.25) is 21.8 Å². The number of anilines is 1. The minimum absolute atomic E-state index is 0.0371. The molecule has 0 saturated carbocycles. The third kappa shape index (κ3) is 6.06. The van der Waals surface area contributed by atoms with Gasteiger partial charge < -0.3 is 10.2 Å². The maximum atomic E-state index is 13.5. The van der Waals surface area contributed by atoms with Crippen LogP contribution in [-0.2, 0) is 26.2 Å². The van der Waals surface area contributed by atoms with Crippen molar-refractivity contribution >= 4 is 27.5 Å². The van der Waals surface area contributed by atoms with Crippen LogP contribution >= 0.6 is 0 Å². The molecule has 0 aliphatic carbocycles. The third-order valence-corrected chi connectivity index (χ3v) is 6.38. The fraction of sp³-hybridized carbons (Fsp3) is 0.391. The highest BCUT2D eigenvalue weighted by Gasteiger charge is 2.32. The quantitative estimate of drug-likeness (QED) is 0.620. The van der Waals surface area contributed by atoms with Gasteiger partial charge in [0.1, 0.15) is 18.4 Å². The number of nitrogens with one attached hydrogen (secondary N) is 1. The molecule has 1 atom stereocenters. The van der Waals surface area contributed by atoms with E-state index in [1.54, 1.807) is 32.9 Å². The second kappa shape index (κ2) is 10.6. The first-order valence-electron chi connectivity index (χ1n) is 10.3. The van der Waals surface area contributed by atoms with Crippen LogP contribution in [0, 0.1) is 19.7 Å². The number of halogens is 1. The van der Waals surface area contributed by atoms with Crippen LogP contribution < -0.4 is 9.62 Å². The lowest BCUT2D eigenvalue weighted by molar-refractivity contribution is -0.140. The third-order valence-electron chi connectivity index (χ3n) is 5.27. The SMILES string of the molecule is CC[C@H](C(=O)NC)N(Cc1ccc(F)cc1)C(=O)CN(c1c(C)cccc1C)S(C)(=O)=O. The Hall–Kier alpha value is -2.94. The Bertz CT molecular complexity index is 1050. The molecule has 1 N–H and O–H groups in total. The zero-order chi connectivity index (χ0) is 24.1. The molecular weight excluding hydrogens is 433 g/mol. The molecule has 2 rings (SSSR count). The van der Waals surface area contributed by atoms with Gasteiger partial charge in [-0.05, 0) is 49.1 Å². The summed E-state index contributed by atoms with van der Waals surface area (Å²) in [5.74, 6) is -1.30. The van der Waals surface area contributed by atoms with E-state index in [1.807, 2.05) is 6.07 Å². The molecule has 2 aromatic rings. The number of sulfonamides is 1. The first kappa shape index (κ1) is 25.3. The van der Waals surface area contributed by atoms with E-state index in [2.05, 4.69) is 5.32 Å². The number of aryl methyl sites for hydroxylation is 2. The monoisotopic (exact) mass is 463 g/mol. The highest BCUT2D eigenvalue weighted by atomic mass is 32.2. The summed E-state index contributed by atoms with van der Waals surface area (Å²) in [6, 6.07) is 10.2. The Balaban J connectivity index is 2.48. The first-order chi connectivity index (χ1) is 15.0. The summed E-state index contributed by atoms with van der Waals surface area (Å²) >= 11 is 0. The van der Waals surface area contributed by atoms with E-state index in [9.17, 15) is 22.4 Å². The Kier molecular flexibility index (Phi) is 8.38. The molecule has 32 heavy (non-hydrogen) atoms. The van der Waals surface area contributed by atoms with Crippen LogP contribution in [0.4, 0.5) is 10.1 Å². The predicted octanol–water partition coefficient (Wildman–Crippen LogP) is 2.76. The maximum Gasteiger partial charge on any atom is 0.244 e. The van der Waals surface area contributed by atoms with Crippen molar-refractivity contribution < 1.29 is 22.4 Å². The van der Waals surface area contributed by atoms with Crippen molar-refractivity contribution in [2.24, 2.45) is 0 Å². The molecule has 0 aliphatic heterocycles. The number of nitrogens with zero attached hydrogens (tertiary/aromatic N) is 2. The second-order valence-electron chi connectivity index (χ2n) is 7.70. The normalized spacial score (nSPS) is 12.2. The summed E-state index contributed by atoms with van der Waals surface area (Å²) in [6.45, 7) is 4.90. The fourth-order valence-corrected chi connectivity index (χ4v) is 4.61. The van der Waals surface area contributed by atoms with Crippen LogP contribution in [0.1, 0.15) is 30.0 Å². The molecule has 0 fully saturated rings. The first-order valence-corrected chi connectivity index (χ1v) is 12.1. The van der Waals surface area contributed by atoms with Gasteiger partial charge in [0.05, 0.1) is 11.9 Å². The van der Waals surface area contributed by atoms with Crippen LogP contribution in [0.25, 0.3) is 0 Å². The standard InChI is InChI=1S/C23H30FN3O4S/c1-6-20(23(29)25-4)26(14-18-10-12-19(24)13-11-18)21(28)15-27(32(5,30)31)22-16(2)8-7-9-17(22)3/h7-13,20H,6,14-15H2,1-5H3,(H,25,29)/t20-/m1/s1. The van der Waals surface area contributed by atoms with Crippen LogP contribution in [0.2, 0.25) is 0 Å². The van der Waals surface area contributed by atoms with Gasteiger partial charge in [-0.2, -0.15) is 0 Å². The van der Waals surface area contributed by atoms with Crippen molar-refractivity contribution in [2.45, 2.75) is 39.8 Å². The van der Waals surface area contributed by atoms with E-state index in [-0.39, 0.29) is 12.5 Å². The summed E-state index contributed by atoms with van der Waals surface area (Å²) in [4.78, 5) is 27.3. The van der Waals surface area contributed by atoms with E-state index < -0.39 is 34.3 Å². The molecule has 0 aromatic heterocycles. The smallest absolute Gasteiger partial charge is 0.244 e. The van der Waals surface area contributed by atoms with Crippen LogP contribution in [-0.4, -0.2) is 51.0 Å². The van der Waals surface area contributed by atoms with E-state index in [0.717, 1.165) is 10.6 Å². The van der Waals surface area contributed by atoms with E-state index in [4.69, 9.17) is 0 Å². The summed E-state index contributed by atoms with van der Waals surface area (Å²) < 4.78 is 39.7. The molecule has 0 saturated heterocycles. The number of para-hydroxylation sites is 1. The van der Waals surface area contributed by atoms with E-state index >= 15 is 0 Å². The summed E-state index contributed by atoms with van der Waals surface area (Å²) in [7, 11) is -2.32. The van der Waals surface area contributed by atoms with Crippen LogP contribution in [0.3, 0.4) is 0 Å². The Morgan fingerprint density at radius 3 is 2.09 bits per heavy atom. The van der Waals surface area contributed by atoms with E-state index in [0.29, 0.717) is 28.8 Å². The zero-order valence-corrected chi connectivity index (χ0v) is 19.9. The van der Waals surface area contributed by atoms with Crippen LogP contribution in [0.5, 0.6) is 0 Å². The number of likely N-dealkylation sites (N-methyl/N-ethyl adjacent to an activating group) is 1. The molecule has 0 bridgehead atoms. The molecule has 0 unspecified atom stereocenters. The average molecular weight is 464 g/mol.